The number of pyridine rings is 1. The molecule has 0 N–H and O–H groups in total. The van der Waals surface area contributed by atoms with E-state index in [0.717, 1.165) is 4.57 Å². The van der Waals surface area contributed by atoms with E-state index in [9.17, 15) is 14.4 Å². The van der Waals surface area contributed by atoms with Gasteiger partial charge in [0.2, 0.25) is 0 Å². The molecule has 5 heteroatoms. The Labute approximate surface area is 173 Å². The highest BCUT2D eigenvalue weighted by molar-refractivity contribution is 6.03. The van der Waals surface area contributed by atoms with Crippen LogP contribution in [0.2, 0.25) is 0 Å². The molecule has 5 nitrogen and oxygen atoms in total. The van der Waals surface area contributed by atoms with E-state index in [1.165, 1.54) is 0 Å². The van der Waals surface area contributed by atoms with Crippen molar-refractivity contribution in [1.82, 2.24) is 4.57 Å². The van der Waals surface area contributed by atoms with E-state index in [1.54, 1.807) is 91.9 Å². The molecule has 0 saturated heterocycles. The number of para-hydroxylation sites is 1. The first kappa shape index (κ1) is 19.3. The van der Waals surface area contributed by atoms with Crippen LogP contribution >= 0.6 is 0 Å². The van der Waals surface area contributed by atoms with Crippen molar-refractivity contribution < 1.29 is 14.3 Å². The molecule has 3 aromatic carbocycles. The maximum atomic E-state index is 13.3. The van der Waals surface area contributed by atoms with Gasteiger partial charge in [0, 0.05) is 10.9 Å². The van der Waals surface area contributed by atoms with Gasteiger partial charge >= 0.3 is 5.97 Å². The Hall–Kier alpha value is -3.99. The third-order valence-electron chi connectivity index (χ3n) is 4.91. The average Bonchev–Trinajstić information content (AvgIpc) is 2.80. The number of hydrogen-bond donors (Lipinski definition) is 0. The van der Waals surface area contributed by atoms with Gasteiger partial charge < -0.3 is 4.74 Å². The molecule has 4 aromatic rings. The molecule has 0 aliphatic heterocycles. The Bertz CT molecular complexity index is 1290. The van der Waals surface area contributed by atoms with Gasteiger partial charge in [-0.3, -0.25) is 9.59 Å². The fourth-order valence-corrected chi connectivity index (χ4v) is 3.43. The van der Waals surface area contributed by atoms with Crippen molar-refractivity contribution in [3.05, 3.63) is 112 Å². The average molecular weight is 397 g/mol. The Kier molecular flexibility index (Phi) is 5.26. The largest absolute Gasteiger partial charge is 0.422 e. The third-order valence-corrected chi connectivity index (χ3v) is 4.91. The smallest absolute Gasteiger partial charge is 0.343 e. The summed E-state index contributed by atoms with van der Waals surface area (Å²) in [6.07, 6.45) is 0.309. The molecule has 0 radical (unpaired) electrons. The molecule has 148 valence electrons. The first-order valence-electron chi connectivity index (χ1n) is 9.65. The van der Waals surface area contributed by atoms with E-state index in [2.05, 4.69) is 0 Å². The minimum atomic E-state index is -0.554. The van der Waals surface area contributed by atoms with Crippen LogP contribution in [0.15, 0.2) is 89.7 Å². The molecule has 30 heavy (non-hydrogen) atoms. The van der Waals surface area contributed by atoms with Gasteiger partial charge in [-0.05, 0) is 42.8 Å². The van der Waals surface area contributed by atoms with Gasteiger partial charge in [0.1, 0.15) is 5.75 Å². The second-order valence-corrected chi connectivity index (χ2v) is 6.75. The lowest BCUT2D eigenvalue weighted by atomic mass is 10.1. The van der Waals surface area contributed by atoms with E-state index in [0.29, 0.717) is 28.5 Å². The number of carbonyl (C=O) groups is 2. The first-order valence-corrected chi connectivity index (χ1v) is 9.65. The van der Waals surface area contributed by atoms with Crippen molar-refractivity contribution in [1.29, 1.82) is 0 Å². The fraction of sp³-hybridized carbons (Fsp3) is 0.0800. The molecule has 0 spiro atoms. The quantitative estimate of drug-likeness (QED) is 0.477. The van der Waals surface area contributed by atoms with E-state index < -0.39 is 17.4 Å². The normalized spacial score (nSPS) is 10.7. The summed E-state index contributed by atoms with van der Waals surface area (Å²) in [7, 11) is 0. The zero-order chi connectivity index (χ0) is 21.1. The maximum absolute atomic E-state index is 13.3. The van der Waals surface area contributed by atoms with Crippen molar-refractivity contribution in [2.75, 3.05) is 0 Å². The number of hydrogen-bond acceptors (Lipinski definition) is 4. The lowest BCUT2D eigenvalue weighted by Gasteiger charge is -2.16. The predicted octanol–water partition coefficient (Wildman–Crippen LogP) is 4.47. The molecule has 0 amide bonds. The number of fused-ring (bicyclic) bond motifs is 1. The van der Waals surface area contributed by atoms with Crippen LogP contribution in [0.1, 0.15) is 33.2 Å². The molecule has 4 rings (SSSR count). The molecule has 0 aliphatic carbocycles. The van der Waals surface area contributed by atoms with Gasteiger partial charge in [0.05, 0.1) is 16.6 Å². The highest BCUT2D eigenvalue weighted by Crippen LogP contribution is 2.29. The van der Waals surface area contributed by atoms with Crippen LogP contribution in [0, 0.1) is 0 Å². The Morgan fingerprint density at radius 1 is 0.800 bits per heavy atom. The second kappa shape index (κ2) is 8.17. The third kappa shape index (κ3) is 3.42. The zero-order valence-electron chi connectivity index (χ0n) is 16.4. The minimum absolute atomic E-state index is 0.198. The molecule has 0 saturated carbocycles. The van der Waals surface area contributed by atoms with Crippen molar-refractivity contribution in [2.45, 2.75) is 13.3 Å². The molecular formula is C25H19NO4. The maximum Gasteiger partial charge on any atom is 0.343 e. The molecule has 1 aromatic heterocycles. The van der Waals surface area contributed by atoms with Gasteiger partial charge in [-0.15, -0.1) is 0 Å². The van der Waals surface area contributed by atoms with Gasteiger partial charge in [-0.25, -0.2) is 9.36 Å². The molecule has 0 atom stereocenters. The molecule has 0 aliphatic rings. The van der Waals surface area contributed by atoms with Crippen LogP contribution in [0.4, 0.5) is 0 Å². The van der Waals surface area contributed by atoms with Crippen LogP contribution in [-0.4, -0.2) is 16.4 Å². The van der Waals surface area contributed by atoms with E-state index in [1.807, 2.05) is 0 Å². The number of carbonyl (C=O) groups excluding carboxylic acids is 2. The van der Waals surface area contributed by atoms with Gasteiger partial charge in [0.25, 0.3) is 11.5 Å². The van der Waals surface area contributed by atoms with Crippen LogP contribution in [-0.2, 0) is 6.42 Å². The van der Waals surface area contributed by atoms with Crippen molar-refractivity contribution in [2.24, 2.45) is 0 Å². The summed E-state index contributed by atoms with van der Waals surface area (Å²) in [5, 5.41) is 0.530. The van der Waals surface area contributed by atoms with Gasteiger partial charge in [0.15, 0.2) is 0 Å². The molecule has 0 bridgehead atoms. The minimum Gasteiger partial charge on any atom is -0.422 e. The number of esters is 1. The zero-order valence-corrected chi connectivity index (χ0v) is 16.4. The molecular weight excluding hydrogens is 378 g/mol. The topological polar surface area (TPSA) is 65.4 Å². The molecule has 0 unspecified atom stereocenters. The number of nitrogens with zero attached hydrogens (tertiary/aromatic N) is 1. The highest BCUT2D eigenvalue weighted by Gasteiger charge is 2.23. The Balaban J connectivity index is 1.92. The van der Waals surface area contributed by atoms with Crippen LogP contribution in [0.25, 0.3) is 10.9 Å². The van der Waals surface area contributed by atoms with Crippen LogP contribution in [0.3, 0.4) is 0 Å². The van der Waals surface area contributed by atoms with E-state index in [4.69, 9.17) is 4.74 Å². The molecule has 0 fully saturated rings. The monoisotopic (exact) mass is 397 g/mol. The molecule has 1 heterocycles. The Morgan fingerprint density at radius 3 is 2.00 bits per heavy atom. The Morgan fingerprint density at radius 2 is 1.37 bits per heavy atom. The van der Waals surface area contributed by atoms with Crippen LogP contribution in [0.5, 0.6) is 5.75 Å². The fourth-order valence-electron chi connectivity index (χ4n) is 3.43. The second-order valence-electron chi connectivity index (χ2n) is 6.75. The standard InChI is InChI=1S/C25H19NO4/c1-2-19-22(30-25(29)18-13-7-4-8-14-18)20-15-9-10-16-21(20)26(24(19)28)23(27)17-11-5-3-6-12-17/h3-16H,2H2,1H3. The summed E-state index contributed by atoms with van der Waals surface area (Å²) in [5.41, 5.74) is 0.974. The highest BCUT2D eigenvalue weighted by atomic mass is 16.5. The number of rotatable bonds is 4. The van der Waals surface area contributed by atoms with Gasteiger partial charge in [-0.1, -0.05) is 55.5 Å². The summed E-state index contributed by atoms with van der Waals surface area (Å²) in [4.78, 5) is 39.2. The summed E-state index contributed by atoms with van der Waals surface area (Å²) in [6.45, 7) is 1.79. The summed E-state index contributed by atoms with van der Waals surface area (Å²) < 4.78 is 6.85. The summed E-state index contributed by atoms with van der Waals surface area (Å²) in [5.74, 6) is -0.779. The van der Waals surface area contributed by atoms with Crippen molar-refractivity contribution in [3.63, 3.8) is 0 Å². The van der Waals surface area contributed by atoms with E-state index in [-0.39, 0.29) is 11.3 Å². The lowest BCUT2D eigenvalue weighted by molar-refractivity contribution is 0.0735. The number of benzene rings is 3. The summed E-state index contributed by atoms with van der Waals surface area (Å²) >= 11 is 0. The van der Waals surface area contributed by atoms with E-state index >= 15 is 0 Å². The van der Waals surface area contributed by atoms with Crippen LogP contribution < -0.4 is 10.3 Å². The first-order chi connectivity index (χ1) is 14.6. The summed E-state index contributed by atoms with van der Waals surface area (Å²) in [6, 6.07) is 24.2. The van der Waals surface area contributed by atoms with Gasteiger partial charge in [-0.2, -0.15) is 0 Å². The number of aromatic nitrogens is 1. The lowest BCUT2D eigenvalue weighted by Crippen LogP contribution is -2.31. The van der Waals surface area contributed by atoms with Crippen molar-refractivity contribution >= 4 is 22.8 Å². The number of ether oxygens (including phenoxy) is 1. The SMILES string of the molecule is CCc1c(OC(=O)c2ccccc2)c2ccccc2n(C(=O)c2ccccc2)c1=O. The predicted molar refractivity (Wildman–Crippen MR) is 115 cm³/mol. The van der Waals surface area contributed by atoms with Crippen molar-refractivity contribution in [3.8, 4) is 5.75 Å².